The molecule has 1 saturated carbocycles. The Morgan fingerprint density at radius 3 is 2.48 bits per heavy atom. The van der Waals surface area contributed by atoms with Crippen LogP contribution in [0.25, 0.3) is 0 Å². The Bertz CT molecular complexity index is 952. The van der Waals surface area contributed by atoms with E-state index in [9.17, 15) is 13.6 Å². The van der Waals surface area contributed by atoms with Crippen molar-refractivity contribution in [1.82, 2.24) is 9.29 Å². The van der Waals surface area contributed by atoms with Gasteiger partial charge in [-0.15, -0.1) is 0 Å². The Labute approximate surface area is 186 Å². The van der Waals surface area contributed by atoms with Gasteiger partial charge in [0.25, 0.3) is 5.56 Å². The average Bonchev–Trinajstić information content (AvgIpc) is 2.76. The SMILES string of the molecule is CSNC1CCc2ccc(C)c(=O)n2C1COC1CCC(c2c(F)cccc2F)CC1. The molecule has 1 aromatic heterocycles. The van der Waals surface area contributed by atoms with E-state index in [1.54, 1.807) is 11.9 Å². The molecule has 168 valence electrons. The van der Waals surface area contributed by atoms with Crippen molar-refractivity contribution in [3.63, 3.8) is 0 Å². The molecule has 1 aromatic carbocycles. The number of hydrogen-bond acceptors (Lipinski definition) is 4. The summed E-state index contributed by atoms with van der Waals surface area (Å²) in [6, 6.07) is 8.12. The maximum Gasteiger partial charge on any atom is 0.254 e. The first-order valence-corrected chi connectivity index (χ1v) is 12.3. The normalized spacial score (nSPS) is 25.9. The van der Waals surface area contributed by atoms with Crippen LogP contribution in [0.4, 0.5) is 8.78 Å². The number of fused-ring (bicyclic) bond motifs is 1. The molecule has 0 bridgehead atoms. The molecule has 1 aliphatic heterocycles. The van der Waals surface area contributed by atoms with Gasteiger partial charge in [-0.1, -0.05) is 24.1 Å². The second-order valence-corrected chi connectivity index (χ2v) is 9.30. The number of nitrogens with one attached hydrogen (secondary N) is 1. The minimum atomic E-state index is -0.455. The summed E-state index contributed by atoms with van der Waals surface area (Å²) in [5, 5.41) is 0. The third kappa shape index (κ3) is 4.73. The molecule has 7 heteroatoms. The molecule has 1 aliphatic carbocycles. The first-order chi connectivity index (χ1) is 15.0. The van der Waals surface area contributed by atoms with E-state index in [4.69, 9.17) is 4.74 Å². The third-order valence-corrected chi connectivity index (χ3v) is 7.29. The molecule has 2 unspecified atom stereocenters. The second-order valence-electron chi connectivity index (χ2n) is 8.66. The molecule has 2 aliphatic rings. The number of hydrogen-bond donors (Lipinski definition) is 1. The summed E-state index contributed by atoms with van der Waals surface area (Å²) in [6.45, 7) is 2.31. The lowest BCUT2D eigenvalue weighted by molar-refractivity contribution is -0.00184. The van der Waals surface area contributed by atoms with E-state index in [-0.39, 0.29) is 35.2 Å². The van der Waals surface area contributed by atoms with Crippen LogP contribution in [-0.4, -0.2) is 29.6 Å². The lowest BCUT2D eigenvalue weighted by atomic mass is 9.82. The van der Waals surface area contributed by atoms with Crippen LogP contribution in [-0.2, 0) is 11.2 Å². The number of ether oxygens (including phenoxy) is 1. The second kappa shape index (κ2) is 9.84. The van der Waals surface area contributed by atoms with Gasteiger partial charge in [0.15, 0.2) is 0 Å². The predicted molar refractivity (Wildman–Crippen MR) is 121 cm³/mol. The molecule has 1 fully saturated rings. The Balaban J connectivity index is 1.43. The Morgan fingerprint density at radius 1 is 1.10 bits per heavy atom. The molecule has 2 aromatic rings. The standard InChI is InChI=1S/C24H30F2N2O2S/c1-15-6-9-17-10-13-21(27-31-2)22(28(17)24(15)29)14-30-18-11-7-16(8-12-18)23-19(25)4-3-5-20(23)26/h3-6,9,16,18,21-22,27H,7-8,10-14H2,1-2H3. The lowest BCUT2D eigenvalue weighted by Gasteiger charge is -2.37. The predicted octanol–water partition coefficient (Wildman–Crippen LogP) is 4.90. The van der Waals surface area contributed by atoms with Gasteiger partial charge >= 0.3 is 0 Å². The fourth-order valence-corrected chi connectivity index (χ4v) is 5.65. The molecule has 0 spiro atoms. The van der Waals surface area contributed by atoms with Gasteiger partial charge in [-0.25, -0.2) is 8.78 Å². The zero-order valence-electron chi connectivity index (χ0n) is 18.1. The average molecular weight is 449 g/mol. The number of aryl methyl sites for hydroxylation is 2. The summed E-state index contributed by atoms with van der Waals surface area (Å²) in [7, 11) is 0. The van der Waals surface area contributed by atoms with Gasteiger partial charge in [0.2, 0.25) is 0 Å². The van der Waals surface area contributed by atoms with Crippen molar-refractivity contribution >= 4 is 11.9 Å². The van der Waals surface area contributed by atoms with Crippen LogP contribution in [0.1, 0.15) is 60.9 Å². The van der Waals surface area contributed by atoms with E-state index >= 15 is 0 Å². The molecule has 4 nitrogen and oxygen atoms in total. The van der Waals surface area contributed by atoms with Gasteiger partial charge in [0.05, 0.1) is 18.8 Å². The quantitative estimate of drug-likeness (QED) is 0.639. The topological polar surface area (TPSA) is 43.3 Å². The summed E-state index contributed by atoms with van der Waals surface area (Å²) in [6.07, 6.45) is 6.80. The molecule has 4 rings (SSSR count). The minimum absolute atomic E-state index is 0.0481. The first-order valence-electron chi connectivity index (χ1n) is 11.0. The van der Waals surface area contributed by atoms with Crippen molar-refractivity contribution in [2.24, 2.45) is 0 Å². The fraction of sp³-hybridized carbons (Fsp3) is 0.542. The number of benzene rings is 1. The zero-order valence-corrected chi connectivity index (χ0v) is 18.9. The molecule has 31 heavy (non-hydrogen) atoms. The van der Waals surface area contributed by atoms with Gasteiger partial charge in [-0.05, 0) is 75.8 Å². The third-order valence-electron chi connectivity index (χ3n) is 6.75. The molecular weight excluding hydrogens is 418 g/mol. The van der Waals surface area contributed by atoms with E-state index in [1.165, 1.54) is 18.2 Å². The summed E-state index contributed by atoms with van der Waals surface area (Å²) >= 11 is 1.57. The summed E-state index contributed by atoms with van der Waals surface area (Å²) in [5.41, 5.74) is 2.07. The largest absolute Gasteiger partial charge is 0.376 e. The van der Waals surface area contributed by atoms with Crippen molar-refractivity contribution < 1.29 is 13.5 Å². The highest BCUT2D eigenvalue weighted by Gasteiger charge is 2.32. The Morgan fingerprint density at radius 2 is 1.81 bits per heavy atom. The van der Waals surface area contributed by atoms with Crippen molar-refractivity contribution in [1.29, 1.82) is 0 Å². The van der Waals surface area contributed by atoms with Crippen molar-refractivity contribution in [3.05, 3.63) is 69.1 Å². The molecule has 1 N–H and O–H groups in total. The summed E-state index contributed by atoms with van der Waals surface area (Å²) in [4.78, 5) is 12.9. The van der Waals surface area contributed by atoms with E-state index < -0.39 is 11.6 Å². The number of pyridine rings is 1. The van der Waals surface area contributed by atoms with Crippen molar-refractivity contribution in [3.8, 4) is 0 Å². The van der Waals surface area contributed by atoms with Gasteiger partial charge < -0.3 is 9.30 Å². The van der Waals surface area contributed by atoms with Crippen molar-refractivity contribution in [2.45, 2.75) is 69.6 Å². The summed E-state index contributed by atoms with van der Waals surface area (Å²) in [5.74, 6) is -1.01. The van der Waals surface area contributed by atoms with Gasteiger partial charge in [-0.3, -0.25) is 9.52 Å². The van der Waals surface area contributed by atoms with Crippen LogP contribution >= 0.6 is 11.9 Å². The molecule has 0 radical (unpaired) electrons. The highest BCUT2D eigenvalue weighted by atomic mass is 32.2. The Kier molecular flexibility index (Phi) is 7.14. The number of halogens is 2. The van der Waals surface area contributed by atoms with Crippen LogP contribution in [0, 0.1) is 18.6 Å². The maximum atomic E-state index is 14.1. The highest BCUT2D eigenvalue weighted by molar-refractivity contribution is 7.96. The van der Waals surface area contributed by atoms with Crippen LogP contribution in [0.2, 0.25) is 0 Å². The zero-order chi connectivity index (χ0) is 22.0. The van der Waals surface area contributed by atoms with E-state index in [2.05, 4.69) is 4.72 Å². The van der Waals surface area contributed by atoms with Crippen molar-refractivity contribution in [2.75, 3.05) is 12.9 Å². The number of aromatic nitrogens is 1. The van der Waals surface area contributed by atoms with E-state index in [0.717, 1.165) is 36.9 Å². The van der Waals surface area contributed by atoms with Crippen LogP contribution in [0.5, 0.6) is 0 Å². The number of nitrogens with zero attached hydrogens (tertiary/aromatic N) is 1. The monoisotopic (exact) mass is 448 g/mol. The first kappa shape index (κ1) is 22.5. The highest BCUT2D eigenvalue weighted by Crippen LogP contribution is 2.37. The van der Waals surface area contributed by atoms with E-state index in [0.29, 0.717) is 19.4 Å². The minimum Gasteiger partial charge on any atom is -0.376 e. The maximum absolute atomic E-state index is 14.1. The molecule has 0 saturated heterocycles. The van der Waals surface area contributed by atoms with Gasteiger partial charge in [0, 0.05) is 22.9 Å². The molecular formula is C24H30F2N2O2S. The smallest absolute Gasteiger partial charge is 0.254 e. The van der Waals surface area contributed by atoms with Crippen LogP contribution < -0.4 is 10.3 Å². The molecule has 0 amide bonds. The molecule has 2 heterocycles. The van der Waals surface area contributed by atoms with Crippen LogP contribution in [0.3, 0.4) is 0 Å². The van der Waals surface area contributed by atoms with Crippen LogP contribution in [0.15, 0.2) is 35.1 Å². The van der Waals surface area contributed by atoms with Gasteiger partial charge in [0.1, 0.15) is 11.6 Å². The number of rotatable bonds is 6. The van der Waals surface area contributed by atoms with E-state index in [1.807, 2.05) is 29.9 Å². The Hall–Kier alpha value is -1.70. The fourth-order valence-electron chi connectivity index (χ4n) is 5.07. The lowest BCUT2D eigenvalue weighted by Crippen LogP contribution is -2.46. The summed E-state index contributed by atoms with van der Waals surface area (Å²) < 4.78 is 39.9. The molecule has 2 atom stereocenters. The van der Waals surface area contributed by atoms with Gasteiger partial charge in [-0.2, -0.15) is 0 Å².